The summed E-state index contributed by atoms with van der Waals surface area (Å²) in [4.78, 5) is 24.4. The van der Waals surface area contributed by atoms with Crippen molar-refractivity contribution in [3.63, 3.8) is 0 Å². The number of piperidine rings is 1. The number of benzene rings is 1. The second-order valence-corrected chi connectivity index (χ2v) is 9.03. The molecule has 0 bridgehead atoms. The van der Waals surface area contributed by atoms with E-state index in [-0.39, 0.29) is 11.9 Å². The van der Waals surface area contributed by atoms with E-state index in [0.29, 0.717) is 34.4 Å². The van der Waals surface area contributed by atoms with E-state index in [0.717, 1.165) is 30.7 Å². The number of nitrogens with one attached hydrogen (secondary N) is 1. The highest BCUT2D eigenvalue weighted by Crippen LogP contribution is 2.33. The van der Waals surface area contributed by atoms with Gasteiger partial charge in [0.1, 0.15) is 11.0 Å². The first-order valence-corrected chi connectivity index (χ1v) is 11.7. The van der Waals surface area contributed by atoms with E-state index < -0.39 is 11.0 Å². The van der Waals surface area contributed by atoms with Gasteiger partial charge in [-0.3, -0.25) is 4.79 Å². The van der Waals surface area contributed by atoms with Gasteiger partial charge in [-0.15, -0.1) is 5.10 Å². The quantitative estimate of drug-likeness (QED) is 0.662. The zero-order chi connectivity index (χ0) is 21.4. The monoisotopic (exact) mass is 446 g/mol. The van der Waals surface area contributed by atoms with E-state index in [2.05, 4.69) is 19.8 Å². The summed E-state index contributed by atoms with van der Waals surface area (Å²) in [5, 5.41) is 5.10. The van der Waals surface area contributed by atoms with Crippen molar-refractivity contribution in [1.29, 1.82) is 0 Å². The highest BCUT2D eigenvalue weighted by Gasteiger charge is 2.33. The molecule has 1 aliphatic rings. The normalized spacial score (nSPS) is 17.9. The van der Waals surface area contributed by atoms with Crippen molar-refractivity contribution in [2.75, 3.05) is 17.5 Å². The van der Waals surface area contributed by atoms with Crippen LogP contribution in [0.1, 0.15) is 52.9 Å². The topological polar surface area (TPSA) is 92.5 Å². The standard InChI is InChI=1S/C20H23ClN6O2S/c1-12-10-13(2)27-20(22-12)23-18(24-27)17-6-4-5-9-26(17)19(28)15-11-14(21)7-8-16(15)25-30(3)29/h7-8,10-11,17,25H,4-6,9H2,1-3H3. The molecule has 30 heavy (non-hydrogen) atoms. The van der Waals surface area contributed by atoms with Crippen LogP contribution in [0.4, 0.5) is 5.69 Å². The number of aromatic nitrogens is 4. The largest absolute Gasteiger partial charge is 0.328 e. The van der Waals surface area contributed by atoms with Crippen LogP contribution in [0.25, 0.3) is 5.78 Å². The lowest BCUT2D eigenvalue weighted by Gasteiger charge is -2.34. The third-order valence-corrected chi connectivity index (χ3v) is 5.90. The highest BCUT2D eigenvalue weighted by molar-refractivity contribution is 7.85. The minimum absolute atomic E-state index is 0.185. The summed E-state index contributed by atoms with van der Waals surface area (Å²) in [7, 11) is -1.32. The van der Waals surface area contributed by atoms with E-state index >= 15 is 0 Å². The maximum absolute atomic E-state index is 13.5. The summed E-state index contributed by atoms with van der Waals surface area (Å²) in [5.74, 6) is 0.932. The summed E-state index contributed by atoms with van der Waals surface area (Å²) in [6, 6.07) is 6.64. The number of amides is 1. The molecule has 2 atom stereocenters. The first-order chi connectivity index (χ1) is 14.3. The van der Waals surface area contributed by atoms with Gasteiger partial charge in [-0.25, -0.2) is 13.7 Å². The Morgan fingerprint density at radius 3 is 2.80 bits per heavy atom. The molecule has 0 spiro atoms. The molecular weight excluding hydrogens is 424 g/mol. The van der Waals surface area contributed by atoms with Crippen LogP contribution in [0.3, 0.4) is 0 Å². The predicted molar refractivity (Wildman–Crippen MR) is 117 cm³/mol. The van der Waals surface area contributed by atoms with Crippen molar-refractivity contribution >= 4 is 40.0 Å². The number of rotatable bonds is 4. The Hall–Kier alpha value is -2.52. The Balaban J connectivity index is 1.73. The fourth-order valence-corrected chi connectivity index (χ4v) is 4.52. The van der Waals surface area contributed by atoms with E-state index in [1.165, 1.54) is 6.26 Å². The van der Waals surface area contributed by atoms with Gasteiger partial charge in [0.2, 0.25) is 0 Å². The Kier molecular flexibility index (Phi) is 5.75. The van der Waals surface area contributed by atoms with E-state index in [1.807, 2.05) is 19.9 Å². The zero-order valence-corrected chi connectivity index (χ0v) is 18.6. The highest BCUT2D eigenvalue weighted by atomic mass is 35.5. The average Bonchev–Trinajstić information content (AvgIpc) is 3.13. The summed E-state index contributed by atoms with van der Waals surface area (Å²) in [6.45, 7) is 4.47. The predicted octanol–water partition coefficient (Wildman–Crippen LogP) is 3.47. The molecule has 0 aliphatic carbocycles. The number of likely N-dealkylation sites (tertiary alicyclic amines) is 1. The molecule has 158 valence electrons. The minimum Gasteiger partial charge on any atom is -0.328 e. The van der Waals surface area contributed by atoms with Crippen molar-refractivity contribution in [3.05, 3.63) is 52.1 Å². The molecule has 3 aromatic rings. The van der Waals surface area contributed by atoms with Gasteiger partial charge in [0, 0.05) is 29.2 Å². The summed E-state index contributed by atoms with van der Waals surface area (Å²) >= 11 is 6.16. The molecule has 1 amide bonds. The summed E-state index contributed by atoms with van der Waals surface area (Å²) in [5.41, 5.74) is 2.69. The van der Waals surface area contributed by atoms with Crippen molar-refractivity contribution in [2.45, 2.75) is 39.2 Å². The molecule has 2 unspecified atom stereocenters. The number of fused-ring (bicyclic) bond motifs is 1. The molecule has 3 heterocycles. The van der Waals surface area contributed by atoms with Crippen molar-refractivity contribution < 1.29 is 9.00 Å². The number of nitrogens with zero attached hydrogens (tertiary/aromatic N) is 5. The molecule has 1 aromatic carbocycles. The Morgan fingerprint density at radius 1 is 1.23 bits per heavy atom. The molecule has 0 saturated carbocycles. The van der Waals surface area contributed by atoms with E-state index in [9.17, 15) is 9.00 Å². The number of aryl methyl sites for hydroxylation is 2. The molecule has 1 fully saturated rings. The van der Waals surface area contributed by atoms with Gasteiger partial charge in [-0.05, 0) is 57.4 Å². The van der Waals surface area contributed by atoms with E-state index in [4.69, 9.17) is 11.6 Å². The smallest absolute Gasteiger partial charge is 0.256 e. The zero-order valence-electron chi connectivity index (χ0n) is 17.1. The molecule has 1 saturated heterocycles. The number of hydrogen-bond donors (Lipinski definition) is 1. The van der Waals surface area contributed by atoms with Crippen LogP contribution in [0.5, 0.6) is 0 Å². The molecule has 1 aliphatic heterocycles. The lowest BCUT2D eigenvalue weighted by molar-refractivity contribution is 0.0601. The van der Waals surface area contributed by atoms with Gasteiger partial charge in [-0.1, -0.05) is 11.6 Å². The Bertz CT molecular complexity index is 1150. The second kappa shape index (κ2) is 8.31. The molecule has 10 heteroatoms. The fraction of sp³-hybridized carbons (Fsp3) is 0.400. The number of carbonyl (C=O) groups excluding carboxylic acids is 1. The second-order valence-electron chi connectivity index (χ2n) is 7.48. The van der Waals surface area contributed by atoms with Crippen LogP contribution in [0.2, 0.25) is 5.02 Å². The number of hydrogen-bond acceptors (Lipinski definition) is 5. The average molecular weight is 447 g/mol. The van der Waals surface area contributed by atoms with Crippen molar-refractivity contribution in [3.8, 4) is 0 Å². The molecular formula is C20H23ClN6O2S. The van der Waals surface area contributed by atoms with Crippen molar-refractivity contribution in [2.24, 2.45) is 0 Å². The first-order valence-electron chi connectivity index (χ1n) is 9.75. The van der Waals surface area contributed by atoms with Gasteiger partial charge < -0.3 is 9.62 Å². The van der Waals surface area contributed by atoms with Crippen LogP contribution in [0, 0.1) is 13.8 Å². The SMILES string of the molecule is Cc1cc(C)n2nc(C3CCCCN3C(=O)c3cc(Cl)ccc3NS(C)=O)nc2n1. The molecule has 2 aromatic heterocycles. The minimum atomic E-state index is -1.32. The summed E-state index contributed by atoms with van der Waals surface area (Å²) in [6.07, 6.45) is 4.16. The first kappa shape index (κ1) is 20.7. The van der Waals surface area contributed by atoms with Crippen LogP contribution in [0.15, 0.2) is 24.3 Å². The van der Waals surface area contributed by atoms with Crippen molar-refractivity contribution in [1.82, 2.24) is 24.5 Å². The molecule has 4 rings (SSSR count). The van der Waals surface area contributed by atoms with Gasteiger partial charge in [0.15, 0.2) is 5.82 Å². The summed E-state index contributed by atoms with van der Waals surface area (Å²) < 4.78 is 16.3. The fourth-order valence-electron chi connectivity index (χ4n) is 3.86. The van der Waals surface area contributed by atoms with Gasteiger partial charge in [-0.2, -0.15) is 4.98 Å². The van der Waals surface area contributed by atoms with E-state index in [1.54, 1.807) is 27.6 Å². The number of anilines is 1. The number of carbonyl (C=O) groups is 1. The Labute approximate surface area is 182 Å². The molecule has 8 nitrogen and oxygen atoms in total. The lowest BCUT2D eigenvalue weighted by Crippen LogP contribution is -2.39. The molecule has 1 N–H and O–H groups in total. The maximum Gasteiger partial charge on any atom is 0.256 e. The van der Waals surface area contributed by atoms with Crippen LogP contribution >= 0.6 is 11.6 Å². The van der Waals surface area contributed by atoms with Crippen LogP contribution in [-0.4, -0.2) is 47.4 Å². The van der Waals surface area contributed by atoms with Crippen LogP contribution < -0.4 is 4.72 Å². The maximum atomic E-state index is 13.5. The third kappa shape index (κ3) is 4.04. The molecule has 0 radical (unpaired) electrons. The van der Waals surface area contributed by atoms with Gasteiger partial charge >= 0.3 is 0 Å². The van der Waals surface area contributed by atoms with Gasteiger partial charge in [0.25, 0.3) is 11.7 Å². The third-order valence-electron chi connectivity index (χ3n) is 5.16. The Morgan fingerprint density at radius 2 is 2.03 bits per heavy atom. The van der Waals surface area contributed by atoms with Crippen LogP contribution in [-0.2, 0) is 11.0 Å². The lowest BCUT2D eigenvalue weighted by atomic mass is 10.00. The van der Waals surface area contributed by atoms with Gasteiger partial charge in [0.05, 0.1) is 17.3 Å². The number of halogens is 1.